The Morgan fingerprint density at radius 2 is 2.13 bits per heavy atom. The number of thioether (sulfide) groups is 1. The number of carbonyl (C=O) groups excluding carboxylic acids is 2. The maximum atomic E-state index is 12.3. The monoisotopic (exact) mass is 334 g/mol. The van der Waals surface area contributed by atoms with Gasteiger partial charge >= 0.3 is 5.97 Å². The molecule has 2 heterocycles. The van der Waals surface area contributed by atoms with Crippen LogP contribution in [-0.2, 0) is 20.9 Å². The summed E-state index contributed by atoms with van der Waals surface area (Å²) in [4.78, 5) is 36.5. The lowest BCUT2D eigenvalue weighted by molar-refractivity contribution is -0.384. The van der Waals surface area contributed by atoms with E-state index in [9.17, 15) is 19.7 Å². The van der Waals surface area contributed by atoms with Gasteiger partial charge in [0.15, 0.2) is 6.04 Å². The predicted octanol–water partition coefficient (Wildman–Crippen LogP) is 1.87. The van der Waals surface area contributed by atoms with Gasteiger partial charge in [0.2, 0.25) is 5.91 Å². The molecule has 1 aromatic carbocycles. The largest absolute Gasteiger partial charge is 0.459 e. The van der Waals surface area contributed by atoms with Gasteiger partial charge in [0.25, 0.3) is 5.69 Å². The van der Waals surface area contributed by atoms with Gasteiger partial charge in [-0.25, -0.2) is 4.79 Å². The van der Waals surface area contributed by atoms with E-state index in [2.05, 4.69) is 0 Å². The van der Waals surface area contributed by atoms with Crippen LogP contribution in [0.15, 0.2) is 35.2 Å². The highest BCUT2D eigenvalue weighted by Gasteiger charge is 2.49. The van der Waals surface area contributed by atoms with E-state index < -0.39 is 16.9 Å². The molecule has 2 atom stereocenters. The van der Waals surface area contributed by atoms with Gasteiger partial charge < -0.3 is 9.64 Å². The molecular formula is C15H14N2O5S. The standard InChI is InChI=1S/C15H14N2O5S/c1-23-12-6-11-7-13(18)16(11)14(12)15(19)22-8-9-2-4-10(5-3-9)17(20)21/h2-6,11,14H,7-8H2,1H3/t11?,14-/m1/s1. The Morgan fingerprint density at radius 1 is 1.43 bits per heavy atom. The van der Waals surface area contributed by atoms with Gasteiger partial charge in [-0.15, -0.1) is 11.8 Å². The Hall–Kier alpha value is -2.35. The zero-order valence-corrected chi connectivity index (χ0v) is 13.1. The van der Waals surface area contributed by atoms with Crippen LogP contribution in [0, 0.1) is 10.1 Å². The van der Waals surface area contributed by atoms with Crippen LogP contribution in [-0.4, -0.2) is 40.0 Å². The average Bonchev–Trinajstić information content (AvgIpc) is 2.85. The molecule has 1 fully saturated rings. The van der Waals surface area contributed by atoms with Crippen LogP contribution in [0.1, 0.15) is 12.0 Å². The average molecular weight is 334 g/mol. The number of fused-ring (bicyclic) bond motifs is 1. The number of benzene rings is 1. The molecule has 0 radical (unpaired) electrons. The third-order valence-electron chi connectivity index (χ3n) is 3.92. The molecule has 7 nitrogen and oxygen atoms in total. The second kappa shape index (κ2) is 6.04. The minimum Gasteiger partial charge on any atom is -0.459 e. The molecule has 1 unspecified atom stereocenters. The molecule has 0 aromatic heterocycles. The van der Waals surface area contributed by atoms with Gasteiger partial charge in [0.05, 0.1) is 17.4 Å². The minimum atomic E-state index is -0.658. The van der Waals surface area contributed by atoms with Crippen LogP contribution in [0.3, 0.4) is 0 Å². The van der Waals surface area contributed by atoms with Crippen molar-refractivity contribution in [3.63, 3.8) is 0 Å². The molecule has 2 aliphatic rings. The van der Waals surface area contributed by atoms with Gasteiger partial charge in [-0.3, -0.25) is 14.9 Å². The van der Waals surface area contributed by atoms with Crippen LogP contribution in [0.2, 0.25) is 0 Å². The van der Waals surface area contributed by atoms with E-state index in [4.69, 9.17) is 4.74 Å². The van der Waals surface area contributed by atoms with Crippen LogP contribution < -0.4 is 0 Å². The molecule has 1 saturated heterocycles. The Morgan fingerprint density at radius 3 is 2.70 bits per heavy atom. The Balaban J connectivity index is 1.64. The lowest BCUT2D eigenvalue weighted by Gasteiger charge is -2.37. The lowest BCUT2D eigenvalue weighted by atomic mass is 10.0. The van der Waals surface area contributed by atoms with Crippen molar-refractivity contribution in [1.29, 1.82) is 0 Å². The Labute approximate surface area is 136 Å². The number of esters is 1. The first kappa shape index (κ1) is 15.5. The number of carbonyl (C=O) groups is 2. The summed E-state index contributed by atoms with van der Waals surface area (Å²) in [6, 6.07) is 5.16. The van der Waals surface area contributed by atoms with Crippen molar-refractivity contribution in [3.8, 4) is 0 Å². The van der Waals surface area contributed by atoms with Crippen LogP contribution >= 0.6 is 11.8 Å². The molecule has 0 N–H and O–H groups in total. The van der Waals surface area contributed by atoms with Gasteiger partial charge in [0, 0.05) is 17.0 Å². The Kier molecular flexibility index (Phi) is 4.08. The third kappa shape index (κ3) is 2.81. The van der Waals surface area contributed by atoms with E-state index >= 15 is 0 Å². The highest BCUT2D eigenvalue weighted by molar-refractivity contribution is 8.02. The SMILES string of the molecule is CSC1=CC2CC(=O)N2[C@H]1C(=O)OCc1ccc([N+](=O)[O-])cc1. The van der Waals surface area contributed by atoms with Gasteiger partial charge in [0.1, 0.15) is 6.61 Å². The number of nitro groups is 1. The van der Waals surface area contributed by atoms with Crippen LogP contribution in [0.25, 0.3) is 0 Å². The molecule has 2 aliphatic heterocycles. The quantitative estimate of drug-likeness (QED) is 0.353. The summed E-state index contributed by atoms with van der Waals surface area (Å²) in [6.07, 6.45) is 4.23. The molecule has 0 bridgehead atoms. The molecule has 3 rings (SSSR count). The van der Waals surface area contributed by atoms with Gasteiger partial charge in [-0.2, -0.15) is 0 Å². The smallest absolute Gasteiger partial charge is 0.334 e. The zero-order chi connectivity index (χ0) is 16.6. The summed E-state index contributed by atoms with van der Waals surface area (Å²) in [6.45, 7) is 0.0156. The van der Waals surface area contributed by atoms with Crippen LogP contribution in [0.5, 0.6) is 0 Å². The first-order chi connectivity index (χ1) is 11.0. The van der Waals surface area contributed by atoms with Gasteiger partial charge in [-0.1, -0.05) is 0 Å². The fourth-order valence-electron chi connectivity index (χ4n) is 2.70. The van der Waals surface area contributed by atoms with E-state index in [1.54, 1.807) is 17.0 Å². The second-order valence-corrected chi connectivity index (χ2v) is 6.16. The second-order valence-electron chi connectivity index (χ2n) is 5.28. The highest BCUT2D eigenvalue weighted by Crippen LogP contribution is 2.38. The molecule has 0 spiro atoms. The van der Waals surface area contributed by atoms with E-state index in [1.807, 2.05) is 12.3 Å². The van der Waals surface area contributed by atoms with Crippen molar-refractivity contribution in [3.05, 3.63) is 50.9 Å². The van der Waals surface area contributed by atoms with Crippen molar-refractivity contribution in [2.45, 2.75) is 25.1 Å². The molecule has 120 valence electrons. The molecule has 8 heteroatoms. The molecule has 23 heavy (non-hydrogen) atoms. The highest BCUT2D eigenvalue weighted by atomic mass is 32.2. The fourth-order valence-corrected chi connectivity index (χ4v) is 3.43. The summed E-state index contributed by atoms with van der Waals surface area (Å²) < 4.78 is 5.29. The maximum Gasteiger partial charge on any atom is 0.334 e. The topological polar surface area (TPSA) is 89.8 Å². The van der Waals surface area contributed by atoms with Crippen molar-refractivity contribution >= 4 is 29.3 Å². The number of amides is 1. The molecule has 0 saturated carbocycles. The Bertz CT molecular complexity index is 700. The first-order valence-corrected chi connectivity index (χ1v) is 8.20. The van der Waals surface area contributed by atoms with E-state index in [0.29, 0.717) is 12.0 Å². The van der Waals surface area contributed by atoms with Crippen molar-refractivity contribution in [2.24, 2.45) is 0 Å². The first-order valence-electron chi connectivity index (χ1n) is 6.98. The van der Waals surface area contributed by atoms with Crippen molar-refractivity contribution < 1.29 is 19.2 Å². The van der Waals surface area contributed by atoms with Crippen molar-refractivity contribution in [1.82, 2.24) is 4.90 Å². The summed E-state index contributed by atoms with van der Waals surface area (Å²) >= 11 is 1.44. The fraction of sp³-hybridized carbons (Fsp3) is 0.333. The van der Waals surface area contributed by atoms with E-state index in [0.717, 1.165) is 4.91 Å². The summed E-state index contributed by atoms with van der Waals surface area (Å²) in [5, 5.41) is 10.6. The third-order valence-corrected chi connectivity index (χ3v) is 4.75. The number of non-ortho nitro benzene ring substituents is 1. The number of rotatable bonds is 5. The minimum absolute atomic E-state index is 0.00174. The summed E-state index contributed by atoms with van der Waals surface area (Å²) in [7, 11) is 0. The molecular weight excluding hydrogens is 320 g/mol. The summed E-state index contributed by atoms with van der Waals surface area (Å²) in [5.74, 6) is -0.521. The number of nitrogens with zero attached hydrogens (tertiary/aromatic N) is 2. The molecule has 0 aliphatic carbocycles. The van der Waals surface area contributed by atoms with Gasteiger partial charge in [-0.05, 0) is 30.0 Å². The number of hydrogen-bond acceptors (Lipinski definition) is 6. The number of nitro benzene ring substituents is 1. The predicted molar refractivity (Wildman–Crippen MR) is 83.5 cm³/mol. The lowest BCUT2D eigenvalue weighted by Crippen LogP contribution is -2.55. The molecule has 1 aromatic rings. The number of hydrogen-bond donors (Lipinski definition) is 0. The van der Waals surface area contributed by atoms with E-state index in [-0.39, 0.29) is 24.2 Å². The molecule has 1 amide bonds. The summed E-state index contributed by atoms with van der Waals surface area (Å²) in [5.41, 5.74) is 0.639. The zero-order valence-electron chi connectivity index (χ0n) is 12.3. The number of β-lactam (4-membered cyclic amide) rings is 1. The van der Waals surface area contributed by atoms with Crippen LogP contribution in [0.4, 0.5) is 5.69 Å². The maximum absolute atomic E-state index is 12.3. The normalized spacial score (nSPS) is 22.2. The van der Waals surface area contributed by atoms with Crippen molar-refractivity contribution in [2.75, 3.05) is 6.26 Å². The number of ether oxygens (including phenoxy) is 1. The van der Waals surface area contributed by atoms with E-state index in [1.165, 1.54) is 23.9 Å².